The lowest BCUT2D eigenvalue weighted by Crippen LogP contribution is -1.95. The molecular formula is C16H4F2N4. The lowest BCUT2D eigenvalue weighted by atomic mass is 9.97. The summed E-state index contributed by atoms with van der Waals surface area (Å²) in [5.74, 6) is -2.02. The molecular weight excluding hydrogens is 286 g/mol. The number of halogens is 2. The molecule has 0 aromatic heterocycles. The van der Waals surface area contributed by atoms with Crippen molar-refractivity contribution in [3.8, 4) is 29.3 Å². The molecule has 0 atom stereocenters. The number of nitrogens with zero attached hydrogens (tertiary/aromatic N) is 4. The molecule has 0 saturated heterocycles. The Labute approximate surface area is 124 Å². The van der Waals surface area contributed by atoms with Crippen LogP contribution < -0.4 is 0 Å². The summed E-state index contributed by atoms with van der Waals surface area (Å²) in [5, 5.41) is 26.7. The van der Waals surface area contributed by atoms with Crippen LogP contribution in [0.4, 0.5) is 14.5 Å². The van der Waals surface area contributed by atoms with E-state index in [1.807, 2.05) is 0 Å². The van der Waals surface area contributed by atoms with Crippen molar-refractivity contribution in [3.05, 3.63) is 64.0 Å². The molecule has 2 aromatic rings. The van der Waals surface area contributed by atoms with Gasteiger partial charge in [-0.3, -0.25) is 0 Å². The standard InChI is InChI=1S/C16H4F2N4/c1-22-14-5-10(7-20)4-13(16(14)18)12-3-9(6-19)2-11(8-21)15(12)17/h2-5H. The van der Waals surface area contributed by atoms with Crippen molar-refractivity contribution in [1.29, 1.82) is 15.8 Å². The quantitative estimate of drug-likeness (QED) is 0.749. The van der Waals surface area contributed by atoms with Gasteiger partial charge in [0.25, 0.3) is 0 Å². The molecule has 0 spiro atoms. The van der Waals surface area contributed by atoms with Crippen LogP contribution in [0.3, 0.4) is 0 Å². The van der Waals surface area contributed by atoms with E-state index in [9.17, 15) is 8.78 Å². The van der Waals surface area contributed by atoms with E-state index in [-0.39, 0.29) is 22.3 Å². The van der Waals surface area contributed by atoms with Gasteiger partial charge in [-0.05, 0) is 24.3 Å². The summed E-state index contributed by atoms with van der Waals surface area (Å²) >= 11 is 0. The molecule has 0 bridgehead atoms. The van der Waals surface area contributed by atoms with Crippen LogP contribution in [0.2, 0.25) is 0 Å². The van der Waals surface area contributed by atoms with E-state index in [4.69, 9.17) is 22.4 Å². The molecule has 0 heterocycles. The van der Waals surface area contributed by atoms with Gasteiger partial charge >= 0.3 is 0 Å². The minimum Gasteiger partial charge on any atom is -0.235 e. The highest BCUT2D eigenvalue weighted by atomic mass is 19.1. The minimum atomic E-state index is -1.01. The summed E-state index contributed by atoms with van der Waals surface area (Å²) in [6.07, 6.45) is 0. The van der Waals surface area contributed by atoms with E-state index in [0.29, 0.717) is 0 Å². The lowest BCUT2D eigenvalue weighted by molar-refractivity contribution is 0.616. The molecule has 102 valence electrons. The molecule has 0 amide bonds. The summed E-state index contributed by atoms with van der Waals surface area (Å²) in [7, 11) is 0. The maximum Gasteiger partial charge on any atom is 0.224 e. The Hall–Kier alpha value is -3.74. The lowest BCUT2D eigenvalue weighted by Gasteiger charge is -2.09. The van der Waals surface area contributed by atoms with Gasteiger partial charge in [0, 0.05) is 16.7 Å². The van der Waals surface area contributed by atoms with E-state index in [2.05, 4.69) is 4.85 Å². The van der Waals surface area contributed by atoms with Crippen molar-refractivity contribution in [2.24, 2.45) is 0 Å². The minimum absolute atomic E-state index is 0.0253. The molecule has 0 radical (unpaired) electrons. The Morgan fingerprint density at radius 1 is 0.818 bits per heavy atom. The predicted octanol–water partition coefficient (Wildman–Crippen LogP) is 3.80. The van der Waals surface area contributed by atoms with Crippen LogP contribution in [0.1, 0.15) is 16.7 Å². The van der Waals surface area contributed by atoms with Gasteiger partial charge in [-0.15, -0.1) is 0 Å². The molecule has 0 fully saturated rings. The summed E-state index contributed by atoms with van der Waals surface area (Å²) in [5.41, 5.74) is -1.58. The van der Waals surface area contributed by atoms with Crippen LogP contribution in [0.5, 0.6) is 0 Å². The van der Waals surface area contributed by atoms with Gasteiger partial charge in [-0.1, -0.05) is 0 Å². The first kappa shape index (κ1) is 14.7. The van der Waals surface area contributed by atoms with Gasteiger partial charge in [0.05, 0.1) is 29.8 Å². The second-order valence-electron chi connectivity index (χ2n) is 4.19. The second kappa shape index (κ2) is 5.71. The number of hydrogen-bond donors (Lipinski definition) is 0. The molecule has 22 heavy (non-hydrogen) atoms. The summed E-state index contributed by atoms with van der Waals surface area (Å²) in [6, 6.07) is 9.32. The van der Waals surface area contributed by atoms with Gasteiger partial charge in [-0.25, -0.2) is 13.6 Å². The summed E-state index contributed by atoms with van der Waals surface area (Å²) in [6.45, 7) is 6.90. The Balaban J connectivity index is 2.90. The monoisotopic (exact) mass is 290 g/mol. The Bertz CT molecular complexity index is 871. The van der Waals surface area contributed by atoms with Crippen molar-refractivity contribution >= 4 is 5.69 Å². The van der Waals surface area contributed by atoms with Crippen molar-refractivity contribution in [1.82, 2.24) is 0 Å². The third-order valence-corrected chi connectivity index (χ3v) is 2.92. The van der Waals surface area contributed by atoms with Gasteiger partial charge in [0.15, 0.2) is 0 Å². The summed E-state index contributed by atoms with van der Waals surface area (Å²) < 4.78 is 28.5. The summed E-state index contributed by atoms with van der Waals surface area (Å²) in [4.78, 5) is 2.95. The molecule has 0 N–H and O–H groups in total. The van der Waals surface area contributed by atoms with Gasteiger partial charge < -0.3 is 0 Å². The van der Waals surface area contributed by atoms with E-state index < -0.39 is 22.9 Å². The Kier molecular flexibility index (Phi) is 3.81. The molecule has 0 unspecified atom stereocenters. The van der Waals surface area contributed by atoms with Crippen LogP contribution >= 0.6 is 0 Å². The van der Waals surface area contributed by atoms with Gasteiger partial charge in [-0.2, -0.15) is 15.8 Å². The fraction of sp³-hybridized carbons (Fsp3) is 0. The molecule has 0 aliphatic heterocycles. The number of benzene rings is 2. The first-order valence-electron chi connectivity index (χ1n) is 5.81. The number of nitriles is 3. The average Bonchev–Trinajstić information content (AvgIpc) is 2.55. The zero-order valence-corrected chi connectivity index (χ0v) is 10.9. The normalized spacial score (nSPS) is 9.18. The SMILES string of the molecule is [C-]#[N+]c1cc(C#N)cc(-c2cc(C#N)cc(C#N)c2F)c1F. The number of hydrogen-bond acceptors (Lipinski definition) is 3. The zero-order valence-electron chi connectivity index (χ0n) is 10.9. The third-order valence-electron chi connectivity index (χ3n) is 2.92. The molecule has 6 heteroatoms. The number of rotatable bonds is 1. The fourth-order valence-electron chi connectivity index (χ4n) is 1.92. The van der Waals surface area contributed by atoms with Gasteiger partial charge in [0.2, 0.25) is 5.69 Å². The fourth-order valence-corrected chi connectivity index (χ4v) is 1.92. The highest BCUT2D eigenvalue weighted by Crippen LogP contribution is 2.34. The zero-order chi connectivity index (χ0) is 16.3. The average molecular weight is 290 g/mol. The van der Waals surface area contributed by atoms with E-state index in [1.165, 1.54) is 0 Å². The molecule has 4 nitrogen and oxygen atoms in total. The first-order valence-corrected chi connectivity index (χ1v) is 5.81. The maximum atomic E-state index is 14.3. The highest BCUT2D eigenvalue weighted by molar-refractivity contribution is 5.74. The van der Waals surface area contributed by atoms with Crippen molar-refractivity contribution in [2.75, 3.05) is 0 Å². The van der Waals surface area contributed by atoms with Crippen LogP contribution in [-0.2, 0) is 0 Å². The van der Waals surface area contributed by atoms with Crippen molar-refractivity contribution in [2.45, 2.75) is 0 Å². The largest absolute Gasteiger partial charge is 0.235 e. The van der Waals surface area contributed by atoms with E-state index >= 15 is 0 Å². The third kappa shape index (κ3) is 2.34. The van der Waals surface area contributed by atoms with E-state index in [1.54, 1.807) is 18.2 Å². The topological polar surface area (TPSA) is 75.7 Å². The van der Waals surface area contributed by atoms with Crippen LogP contribution in [0, 0.1) is 52.2 Å². The highest BCUT2D eigenvalue weighted by Gasteiger charge is 2.19. The molecule has 2 aromatic carbocycles. The van der Waals surface area contributed by atoms with Crippen LogP contribution in [-0.4, -0.2) is 0 Å². The maximum absolute atomic E-state index is 14.3. The van der Waals surface area contributed by atoms with Crippen molar-refractivity contribution in [3.63, 3.8) is 0 Å². The molecule has 0 aliphatic rings. The predicted molar refractivity (Wildman–Crippen MR) is 72.2 cm³/mol. The van der Waals surface area contributed by atoms with Crippen LogP contribution in [0.25, 0.3) is 16.0 Å². The van der Waals surface area contributed by atoms with Gasteiger partial charge in [0.1, 0.15) is 17.7 Å². The van der Waals surface area contributed by atoms with Crippen molar-refractivity contribution < 1.29 is 8.78 Å². The molecule has 2 rings (SSSR count). The Morgan fingerprint density at radius 3 is 1.86 bits per heavy atom. The van der Waals surface area contributed by atoms with E-state index in [0.717, 1.165) is 24.3 Å². The molecule has 0 aliphatic carbocycles. The molecule has 0 saturated carbocycles. The first-order chi connectivity index (χ1) is 10.5. The Morgan fingerprint density at radius 2 is 1.36 bits per heavy atom. The van der Waals surface area contributed by atoms with Crippen LogP contribution in [0.15, 0.2) is 24.3 Å². The second-order valence-corrected chi connectivity index (χ2v) is 4.19. The smallest absolute Gasteiger partial charge is 0.224 e.